The van der Waals surface area contributed by atoms with Crippen LogP contribution in [-0.4, -0.2) is 18.8 Å². The molecular weight excluding hydrogens is 384 g/mol. The molecule has 3 rings (SSSR count). The van der Waals surface area contributed by atoms with Gasteiger partial charge in [0.15, 0.2) is 5.78 Å². The zero-order chi connectivity index (χ0) is 19.8. The van der Waals surface area contributed by atoms with Crippen molar-refractivity contribution < 1.29 is 13.2 Å². The predicted molar refractivity (Wildman–Crippen MR) is 107 cm³/mol. The van der Waals surface area contributed by atoms with Crippen molar-refractivity contribution in [1.29, 1.82) is 0 Å². The van der Waals surface area contributed by atoms with Gasteiger partial charge in [-0.3, -0.25) is 4.79 Å². The molecule has 27 heavy (non-hydrogen) atoms. The van der Waals surface area contributed by atoms with E-state index in [-0.39, 0.29) is 10.7 Å². The molecule has 0 spiro atoms. The van der Waals surface area contributed by atoms with E-state index in [9.17, 15) is 13.2 Å². The lowest BCUT2D eigenvalue weighted by Crippen LogP contribution is -2.12. The SMILES string of the molecule is CCC(=O)c1cc(-c2ccc(Cl)cc2)n(-c2cccc(S(N)(=O)=O)c2)c1C. The Balaban J connectivity index is 2.29. The average molecular weight is 403 g/mol. The molecule has 3 aromatic rings. The molecule has 7 heteroatoms. The Morgan fingerprint density at radius 2 is 1.78 bits per heavy atom. The molecule has 0 unspecified atom stereocenters. The van der Waals surface area contributed by atoms with Gasteiger partial charge in [-0.25, -0.2) is 13.6 Å². The number of carbonyl (C=O) groups excluding carboxylic acids is 1. The zero-order valence-electron chi connectivity index (χ0n) is 14.9. The van der Waals surface area contributed by atoms with Crippen LogP contribution in [0.5, 0.6) is 0 Å². The summed E-state index contributed by atoms with van der Waals surface area (Å²) in [4.78, 5) is 12.4. The maximum Gasteiger partial charge on any atom is 0.238 e. The summed E-state index contributed by atoms with van der Waals surface area (Å²) >= 11 is 5.99. The van der Waals surface area contributed by atoms with Crippen LogP contribution in [0, 0.1) is 6.92 Å². The van der Waals surface area contributed by atoms with Crippen LogP contribution in [0.3, 0.4) is 0 Å². The van der Waals surface area contributed by atoms with E-state index in [1.54, 1.807) is 24.3 Å². The van der Waals surface area contributed by atoms with E-state index in [1.807, 2.05) is 36.6 Å². The monoisotopic (exact) mass is 402 g/mol. The molecule has 0 aliphatic rings. The Bertz CT molecular complexity index is 1120. The van der Waals surface area contributed by atoms with Gasteiger partial charge in [0.2, 0.25) is 10.0 Å². The number of Topliss-reactive ketones (excluding diaryl/α,β-unsaturated/α-hetero) is 1. The maximum absolute atomic E-state index is 12.4. The Morgan fingerprint density at radius 1 is 1.11 bits per heavy atom. The second-order valence-electron chi connectivity index (χ2n) is 6.19. The molecule has 0 fully saturated rings. The van der Waals surface area contributed by atoms with Gasteiger partial charge in [0.25, 0.3) is 0 Å². The van der Waals surface area contributed by atoms with E-state index in [0.717, 1.165) is 17.0 Å². The first-order valence-corrected chi connectivity index (χ1v) is 10.3. The molecule has 1 aromatic heterocycles. The van der Waals surface area contributed by atoms with Gasteiger partial charge in [-0.2, -0.15) is 0 Å². The fourth-order valence-corrected chi connectivity index (χ4v) is 3.72. The van der Waals surface area contributed by atoms with E-state index in [2.05, 4.69) is 0 Å². The second-order valence-corrected chi connectivity index (χ2v) is 8.19. The van der Waals surface area contributed by atoms with Crippen molar-refractivity contribution in [2.75, 3.05) is 0 Å². The normalized spacial score (nSPS) is 11.6. The van der Waals surface area contributed by atoms with E-state index >= 15 is 0 Å². The predicted octanol–water partition coefficient (Wildman–Crippen LogP) is 4.35. The highest BCUT2D eigenvalue weighted by Crippen LogP contribution is 2.31. The minimum absolute atomic E-state index is 0.0125. The summed E-state index contributed by atoms with van der Waals surface area (Å²) in [5.74, 6) is 0.0177. The third kappa shape index (κ3) is 3.83. The molecule has 0 aliphatic carbocycles. The number of hydrogen-bond donors (Lipinski definition) is 1. The molecule has 0 amide bonds. The summed E-state index contributed by atoms with van der Waals surface area (Å²) in [6.07, 6.45) is 0.377. The number of halogens is 1. The van der Waals surface area contributed by atoms with E-state index in [4.69, 9.17) is 16.7 Å². The number of rotatable bonds is 5. The first kappa shape index (κ1) is 19.4. The smallest absolute Gasteiger partial charge is 0.238 e. The highest BCUT2D eigenvalue weighted by Gasteiger charge is 2.19. The van der Waals surface area contributed by atoms with E-state index in [0.29, 0.717) is 22.7 Å². The Kier molecular flexibility index (Phi) is 5.24. The average Bonchev–Trinajstić information content (AvgIpc) is 2.98. The van der Waals surface area contributed by atoms with Gasteiger partial charge >= 0.3 is 0 Å². The van der Waals surface area contributed by atoms with Crippen LogP contribution in [-0.2, 0) is 10.0 Å². The Hall–Kier alpha value is -2.41. The molecular formula is C20H19ClN2O3S. The molecule has 0 radical (unpaired) electrons. The number of hydrogen-bond acceptors (Lipinski definition) is 3. The molecule has 0 saturated heterocycles. The molecule has 1 heterocycles. The summed E-state index contributed by atoms with van der Waals surface area (Å²) in [5, 5.41) is 5.88. The number of nitrogens with zero attached hydrogens (tertiary/aromatic N) is 1. The first-order chi connectivity index (χ1) is 12.7. The van der Waals surface area contributed by atoms with Crippen molar-refractivity contribution in [2.45, 2.75) is 25.2 Å². The van der Waals surface area contributed by atoms with Crippen molar-refractivity contribution in [3.8, 4) is 16.9 Å². The maximum atomic E-state index is 12.4. The minimum atomic E-state index is -3.84. The summed E-state index contributed by atoms with van der Waals surface area (Å²) in [6, 6.07) is 15.4. The zero-order valence-corrected chi connectivity index (χ0v) is 16.5. The molecule has 0 bridgehead atoms. The van der Waals surface area contributed by atoms with Gasteiger partial charge in [-0.15, -0.1) is 0 Å². The Labute approximate surface area is 163 Å². The van der Waals surface area contributed by atoms with Gasteiger partial charge in [0, 0.05) is 28.4 Å². The fourth-order valence-electron chi connectivity index (χ4n) is 3.04. The van der Waals surface area contributed by atoms with Crippen molar-refractivity contribution >= 4 is 27.4 Å². The van der Waals surface area contributed by atoms with Crippen molar-refractivity contribution in [1.82, 2.24) is 4.57 Å². The van der Waals surface area contributed by atoms with Crippen LogP contribution in [0.1, 0.15) is 29.4 Å². The summed E-state index contributed by atoms with van der Waals surface area (Å²) in [6.45, 7) is 3.65. The number of nitrogens with two attached hydrogens (primary N) is 1. The van der Waals surface area contributed by atoms with Crippen LogP contribution in [0.25, 0.3) is 16.9 Å². The molecule has 140 valence electrons. The van der Waals surface area contributed by atoms with Crippen LogP contribution in [0.2, 0.25) is 5.02 Å². The van der Waals surface area contributed by atoms with Crippen LogP contribution >= 0.6 is 11.6 Å². The summed E-state index contributed by atoms with van der Waals surface area (Å²) < 4.78 is 25.4. The third-order valence-electron chi connectivity index (χ3n) is 4.41. The molecule has 2 aromatic carbocycles. The van der Waals surface area contributed by atoms with Gasteiger partial charge in [0.05, 0.1) is 10.6 Å². The minimum Gasteiger partial charge on any atom is -0.313 e. The lowest BCUT2D eigenvalue weighted by atomic mass is 10.1. The fraction of sp³-hybridized carbons (Fsp3) is 0.150. The van der Waals surface area contributed by atoms with E-state index in [1.165, 1.54) is 12.1 Å². The molecule has 0 aliphatic heterocycles. The van der Waals surface area contributed by atoms with Crippen molar-refractivity contribution in [3.05, 3.63) is 70.9 Å². The van der Waals surface area contributed by atoms with Crippen LogP contribution in [0.4, 0.5) is 0 Å². The van der Waals surface area contributed by atoms with Crippen molar-refractivity contribution in [3.63, 3.8) is 0 Å². The lowest BCUT2D eigenvalue weighted by molar-refractivity contribution is 0.0987. The summed E-state index contributed by atoms with van der Waals surface area (Å²) in [5.41, 5.74) is 3.58. The van der Waals surface area contributed by atoms with Gasteiger partial charge < -0.3 is 4.57 Å². The third-order valence-corrected chi connectivity index (χ3v) is 5.58. The quantitative estimate of drug-likeness (QED) is 0.644. The standard InChI is InChI=1S/C20H19ClN2O3S/c1-3-20(24)18-12-19(14-7-9-15(21)10-8-14)23(13(18)2)16-5-4-6-17(11-16)27(22,25)26/h4-12H,3H2,1-2H3,(H2,22,25,26). The number of ketones is 1. The number of aromatic nitrogens is 1. The number of carbonyl (C=O) groups is 1. The van der Waals surface area contributed by atoms with E-state index < -0.39 is 10.0 Å². The molecule has 0 saturated carbocycles. The molecule has 5 nitrogen and oxygen atoms in total. The van der Waals surface area contributed by atoms with Gasteiger partial charge in [0.1, 0.15) is 0 Å². The number of sulfonamides is 1. The molecule has 2 N–H and O–H groups in total. The summed E-state index contributed by atoms with van der Waals surface area (Å²) in [7, 11) is -3.84. The number of primary sulfonamides is 1. The molecule has 0 atom stereocenters. The van der Waals surface area contributed by atoms with Crippen molar-refractivity contribution in [2.24, 2.45) is 5.14 Å². The van der Waals surface area contributed by atoms with Gasteiger partial charge in [-0.1, -0.05) is 36.7 Å². The Morgan fingerprint density at radius 3 is 2.37 bits per heavy atom. The largest absolute Gasteiger partial charge is 0.313 e. The highest BCUT2D eigenvalue weighted by molar-refractivity contribution is 7.89. The second kappa shape index (κ2) is 7.31. The topological polar surface area (TPSA) is 82.2 Å². The number of benzene rings is 2. The highest BCUT2D eigenvalue weighted by atomic mass is 35.5. The first-order valence-electron chi connectivity index (χ1n) is 8.37. The van der Waals surface area contributed by atoms with Crippen LogP contribution < -0.4 is 5.14 Å². The lowest BCUT2D eigenvalue weighted by Gasteiger charge is -2.13. The van der Waals surface area contributed by atoms with Gasteiger partial charge in [-0.05, 0) is 48.9 Å². The van der Waals surface area contributed by atoms with Crippen LogP contribution in [0.15, 0.2) is 59.5 Å².